The van der Waals surface area contributed by atoms with E-state index < -0.39 is 39.2 Å². The average Bonchev–Trinajstić information content (AvgIpc) is 3.49. The third-order valence-electron chi connectivity index (χ3n) is 6.77. The number of sulfonamides is 1. The summed E-state index contributed by atoms with van der Waals surface area (Å²) in [5, 5.41) is 8.48. The molecular weight excluding hydrogens is 432 g/mol. The van der Waals surface area contributed by atoms with Gasteiger partial charge in [-0.3, -0.25) is 4.79 Å². The van der Waals surface area contributed by atoms with Gasteiger partial charge >= 0.3 is 6.03 Å². The van der Waals surface area contributed by atoms with Gasteiger partial charge in [-0.05, 0) is 56.7 Å². The molecular formula is C22H28N4O5S. The topological polar surface area (TPSA) is 120 Å². The van der Waals surface area contributed by atoms with Crippen LogP contribution in [-0.2, 0) is 21.4 Å². The smallest absolute Gasteiger partial charge is 0.328 e. The zero-order chi connectivity index (χ0) is 23.1. The number of imide groups is 1. The number of nitrogens with zero attached hydrogens (tertiary/aromatic N) is 3. The fraction of sp³-hybridized carbons (Fsp3) is 0.591. The van der Waals surface area contributed by atoms with Crippen LogP contribution in [0.2, 0.25) is 0 Å². The highest BCUT2D eigenvalue weighted by molar-refractivity contribution is 7.90. The van der Waals surface area contributed by atoms with Gasteiger partial charge in [0.1, 0.15) is 12.3 Å². The van der Waals surface area contributed by atoms with Gasteiger partial charge in [0.2, 0.25) is 15.9 Å². The van der Waals surface area contributed by atoms with Crippen molar-refractivity contribution in [2.24, 2.45) is 5.92 Å². The first-order valence-electron chi connectivity index (χ1n) is 10.8. The quantitative estimate of drug-likeness (QED) is 0.622. The number of hydrogen-bond donors (Lipinski definition) is 1. The van der Waals surface area contributed by atoms with Gasteiger partial charge in [0.25, 0.3) is 0 Å². The first-order valence-corrected chi connectivity index (χ1v) is 12.4. The van der Waals surface area contributed by atoms with Crippen molar-refractivity contribution in [3.8, 4) is 11.8 Å². The maximum atomic E-state index is 13.1. The number of carbonyl (C=O) groups excluding carboxylic acids is 2. The molecule has 32 heavy (non-hydrogen) atoms. The maximum Gasteiger partial charge on any atom is 0.328 e. The predicted octanol–water partition coefficient (Wildman–Crippen LogP) is 1.99. The average molecular weight is 461 g/mol. The summed E-state index contributed by atoms with van der Waals surface area (Å²) < 4.78 is 34.0. The Morgan fingerprint density at radius 1 is 1.28 bits per heavy atom. The van der Waals surface area contributed by atoms with E-state index in [1.165, 1.54) is 0 Å². The molecule has 0 radical (unpaired) electrons. The van der Waals surface area contributed by atoms with E-state index in [4.69, 9.17) is 4.74 Å². The molecule has 1 aliphatic heterocycles. The SMILES string of the molecule is COc1cccc(CN2C(=O)N(CC#N)C(=O)C3CC(S(=O)(=O)NC4(C)CC4)CCC32)c1. The van der Waals surface area contributed by atoms with E-state index in [1.807, 2.05) is 31.2 Å². The number of fused-ring (bicyclic) bond motifs is 1. The number of hydrogen-bond acceptors (Lipinski definition) is 6. The molecule has 1 aromatic rings. The molecule has 0 bridgehead atoms. The number of rotatable bonds is 7. The normalized spacial score (nSPS) is 27.0. The number of carbonyl (C=O) groups is 2. The van der Waals surface area contributed by atoms with E-state index in [1.54, 1.807) is 18.1 Å². The Kier molecular flexibility index (Phi) is 5.90. The lowest BCUT2D eigenvalue weighted by atomic mass is 9.80. The van der Waals surface area contributed by atoms with Gasteiger partial charge in [0.15, 0.2) is 0 Å². The largest absolute Gasteiger partial charge is 0.497 e. The molecule has 0 spiro atoms. The second-order valence-corrected chi connectivity index (χ2v) is 11.1. The van der Waals surface area contributed by atoms with Gasteiger partial charge in [-0.1, -0.05) is 12.1 Å². The van der Waals surface area contributed by atoms with Crippen LogP contribution in [0.4, 0.5) is 4.79 Å². The maximum absolute atomic E-state index is 13.1. The van der Waals surface area contributed by atoms with Crippen LogP contribution in [0, 0.1) is 17.2 Å². The number of methoxy groups -OCH3 is 1. The summed E-state index contributed by atoms with van der Waals surface area (Å²) in [6.07, 6.45) is 2.54. The summed E-state index contributed by atoms with van der Waals surface area (Å²) in [7, 11) is -2.03. The van der Waals surface area contributed by atoms with Gasteiger partial charge in [-0.15, -0.1) is 0 Å². The van der Waals surface area contributed by atoms with Crippen molar-refractivity contribution >= 4 is 22.0 Å². The molecule has 2 saturated carbocycles. The predicted molar refractivity (Wildman–Crippen MR) is 116 cm³/mol. The molecule has 3 atom stereocenters. The highest BCUT2D eigenvalue weighted by Gasteiger charge is 2.52. The van der Waals surface area contributed by atoms with Crippen LogP contribution < -0.4 is 9.46 Å². The van der Waals surface area contributed by atoms with Crippen molar-refractivity contribution in [3.05, 3.63) is 29.8 Å². The standard InChI is InChI=1S/C22H28N4O5S/c1-22(8-9-22)24-32(29,30)17-6-7-19-18(13-17)20(27)25(11-10-23)21(28)26(19)14-15-4-3-5-16(12-15)31-2/h3-5,12,17-19,24H,6-9,11,13-14H2,1-2H3. The minimum atomic E-state index is -3.59. The summed E-state index contributed by atoms with van der Waals surface area (Å²) in [5.41, 5.74) is 0.453. The van der Waals surface area contributed by atoms with Crippen LogP contribution in [0.25, 0.3) is 0 Å². The van der Waals surface area contributed by atoms with Crippen molar-refractivity contribution in [1.29, 1.82) is 5.26 Å². The molecule has 4 rings (SSSR count). The van der Waals surface area contributed by atoms with Crippen LogP contribution in [0.1, 0.15) is 44.6 Å². The van der Waals surface area contributed by atoms with Crippen molar-refractivity contribution in [2.45, 2.75) is 62.4 Å². The van der Waals surface area contributed by atoms with E-state index in [9.17, 15) is 23.3 Å². The minimum absolute atomic E-state index is 0.138. The van der Waals surface area contributed by atoms with E-state index in [0.29, 0.717) is 18.6 Å². The van der Waals surface area contributed by atoms with Gasteiger partial charge in [-0.2, -0.15) is 5.26 Å². The second kappa shape index (κ2) is 8.37. The van der Waals surface area contributed by atoms with Crippen LogP contribution >= 0.6 is 0 Å². The lowest BCUT2D eigenvalue weighted by Crippen LogP contribution is -2.63. The lowest BCUT2D eigenvalue weighted by molar-refractivity contribution is -0.140. The molecule has 1 heterocycles. The lowest BCUT2D eigenvalue weighted by Gasteiger charge is -2.47. The van der Waals surface area contributed by atoms with E-state index in [-0.39, 0.29) is 25.0 Å². The summed E-state index contributed by atoms with van der Waals surface area (Å²) in [5.74, 6) is -0.460. The third-order valence-corrected chi connectivity index (χ3v) is 8.85. The molecule has 3 unspecified atom stereocenters. The fourth-order valence-electron chi connectivity index (χ4n) is 4.71. The highest BCUT2D eigenvalue weighted by Crippen LogP contribution is 2.40. The molecule has 3 fully saturated rings. The number of nitrogens with one attached hydrogen (secondary N) is 1. The van der Waals surface area contributed by atoms with Gasteiger partial charge in [0.05, 0.1) is 24.3 Å². The molecule has 10 heteroatoms. The number of benzene rings is 1. The molecule has 3 amide bonds. The molecule has 1 aromatic carbocycles. The Bertz CT molecular complexity index is 1060. The van der Waals surface area contributed by atoms with E-state index in [2.05, 4.69) is 4.72 Å². The number of urea groups is 1. The monoisotopic (exact) mass is 460 g/mol. The molecule has 2 aliphatic carbocycles. The van der Waals surface area contributed by atoms with Crippen molar-refractivity contribution < 1.29 is 22.7 Å². The Morgan fingerprint density at radius 2 is 2.03 bits per heavy atom. The summed E-state index contributed by atoms with van der Waals surface area (Å²) in [6.45, 7) is 1.77. The summed E-state index contributed by atoms with van der Waals surface area (Å²) in [6, 6.07) is 8.29. The number of nitriles is 1. The first kappa shape index (κ1) is 22.6. The molecule has 9 nitrogen and oxygen atoms in total. The Balaban J connectivity index is 1.59. The van der Waals surface area contributed by atoms with E-state index >= 15 is 0 Å². The van der Waals surface area contributed by atoms with Crippen molar-refractivity contribution in [3.63, 3.8) is 0 Å². The Hall–Kier alpha value is -2.64. The Labute approximate surface area is 188 Å². The highest BCUT2D eigenvalue weighted by atomic mass is 32.2. The van der Waals surface area contributed by atoms with Crippen LogP contribution in [0.5, 0.6) is 5.75 Å². The molecule has 3 aliphatic rings. The van der Waals surface area contributed by atoms with E-state index in [0.717, 1.165) is 23.3 Å². The number of ether oxygens (including phenoxy) is 1. The number of amides is 3. The minimum Gasteiger partial charge on any atom is -0.497 e. The molecule has 1 saturated heterocycles. The zero-order valence-corrected chi connectivity index (χ0v) is 19.1. The summed E-state index contributed by atoms with van der Waals surface area (Å²) >= 11 is 0. The van der Waals surface area contributed by atoms with Crippen LogP contribution in [0.15, 0.2) is 24.3 Å². The summed E-state index contributed by atoms with van der Waals surface area (Å²) in [4.78, 5) is 28.8. The van der Waals surface area contributed by atoms with Gasteiger partial charge in [0, 0.05) is 18.1 Å². The van der Waals surface area contributed by atoms with Crippen molar-refractivity contribution in [1.82, 2.24) is 14.5 Å². The van der Waals surface area contributed by atoms with Gasteiger partial charge < -0.3 is 9.64 Å². The van der Waals surface area contributed by atoms with Gasteiger partial charge in [-0.25, -0.2) is 22.8 Å². The van der Waals surface area contributed by atoms with Crippen LogP contribution in [0.3, 0.4) is 0 Å². The van der Waals surface area contributed by atoms with Crippen LogP contribution in [-0.4, -0.2) is 60.6 Å². The fourth-order valence-corrected chi connectivity index (χ4v) is 6.68. The third kappa shape index (κ3) is 4.32. The Morgan fingerprint density at radius 3 is 2.69 bits per heavy atom. The molecule has 172 valence electrons. The molecule has 1 N–H and O–H groups in total. The second-order valence-electron chi connectivity index (χ2n) is 9.16. The molecule has 0 aromatic heterocycles. The van der Waals surface area contributed by atoms with Crippen molar-refractivity contribution in [2.75, 3.05) is 13.7 Å². The first-order chi connectivity index (χ1) is 15.2. The zero-order valence-electron chi connectivity index (χ0n) is 18.3.